The molecule has 5 heteroatoms. The molecule has 0 spiro atoms. The molecule has 0 unspecified atom stereocenters. The summed E-state index contributed by atoms with van der Waals surface area (Å²) >= 11 is 0. The summed E-state index contributed by atoms with van der Waals surface area (Å²) in [6, 6.07) is 12.7. The molecule has 2 rings (SSSR count). The number of esters is 1. The first-order chi connectivity index (χ1) is 11.6. The second-order valence-corrected chi connectivity index (χ2v) is 5.13. The predicted molar refractivity (Wildman–Crippen MR) is 91.1 cm³/mol. The first kappa shape index (κ1) is 17.4. The van der Waals surface area contributed by atoms with Gasteiger partial charge in [-0.3, -0.25) is 0 Å². The molecule has 0 fully saturated rings. The Hall–Kier alpha value is -2.95. The summed E-state index contributed by atoms with van der Waals surface area (Å²) in [5.74, 6) is -0.00622. The summed E-state index contributed by atoms with van der Waals surface area (Å²) in [5.41, 5.74) is 1.87. The van der Waals surface area contributed by atoms with Crippen LogP contribution in [0.25, 0.3) is 6.08 Å². The maximum absolute atomic E-state index is 12.1. The Bertz CT molecular complexity index is 735. The van der Waals surface area contributed by atoms with Crippen LogP contribution in [0.15, 0.2) is 48.0 Å². The van der Waals surface area contributed by atoms with Gasteiger partial charge in [0.25, 0.3) is 0 Å². The number of methoxy groups -OCH3 is 2. The van der Waals surface area contributed by atoms with Gasteiger partial charge in [0.1, 0.15) is 6.61 Å². The standard InChI is InChI=1S/C19H20O5/c1-13(19(21)24-12-14-7-5-4-6-8-14)11-15-9-10-16(22-2)17(20)18(15)23-3/h4-11,20H,12H2,1-3H3. The van der Waals surface area contributed by atoms with Crippen LogP contribution in [-0.2, 0) is 16.1 Å². The summed E-state index contributed by atoms with van der Waals surface area (Å²) in [4.78, 5) is 12.1. The molecule has 2 aromatic carbocycles. The van der Waals surface area contributed by atoms with Gasteiger partial charge in [0, 0.05) is 11.1 Å². The molecule has 0 radical (unpaired) electrons. The van der Waals surface area contributed by atoms with Crippen LogP contribution in [0.5, 0.6) is 17.2 Å². The largest absolute Gasteiger partial charge is 0.502 e. The van der Waals surface area contributed by atoms with E-state index < -0.39 is 5.97 Å². The fourth-order valence-corrected chi connectivity index (χ4v) is 2.19. The maximum atomic E-state index is 12.1. The van der Waals surface area contributed by atoms with Crippen LogP contribution in [0, 0.1) is 0 Å². The van der Waals surface area contributed by atoms with E-state index in [9.17, 15) is 9.90 Å². The van der Waals surface area contributed by atoms with Crippen molar-refractivity contribution in [2.45, 2.75) is 13.5 Å². The number of benzene rings is 2. The lowest BCUT2D eigenvalue weighted by Crippen LogP contribution is -2.06. The van der Waals surface area contributed by atoms with Crippen molar-refractivity contribution in [2.24, 2.45) is 0 Å². The minimum atomic E-state index is -0.434. The average molecular weight is 328 g/mol. The van der Waals surface area contributed by atoms with Gasteiger partial charge in [-0.25, -0.2) is 4.79 Å². The van der Waals surface area contributed by atoms with Crippen LogP contribution in [0.3, 0.4) is 0 Å². The second kappa shape index (κ2) is 8.06. The third kappa shape index (κ3) is 4.07. The third-order valence-electron chi connectivity index (χ3n) is 3.46. The Morgan fingerprint density at radius 1 is 1.08 bits per heavy atom. The SMILES string of the molecule is COc1ccc(C=C(C)C(=O)OCc2ccccc2)c(OC)c1O. The van der Waals surface area contributed by atoms with E-state index in [1.807, 2.05) is 30.3 Å². The van der Waals surface area contributed by atoms with E-state index >= 15 is 0 Å². The van der Waals surface area contributed by atoms with Crippen LogP contribution in [0.4, 0.5) is 0 Å². The van der Waals surface area contributed by atoms with Gasteiger partial charge in [0.15, 0.2) is 11.5 Å². The smallest absolute Gasteiger partial charge is 0.334 e. The van der Waals surface area contributed by atoms with E-state index in [1.165, 1.54) is 14.2 Å². The van der Waals surface area contributed by atoms with Gasteiger partial charge in [-0.1, -0.05) is 30.3 Å². The Morgan fingerprint density at radius 2 is 1.79 bits per heavy atom. The van der Waals surface area contributed by atoms with Gasteiger partial charge in [0.2, 0.25) is 5.75 Å². The quantitative estimate of drug-likeness (QED) is 0.649. The van der Waals surface area contributed by atoms with Crippen molar-refractivity contribution in [3.8, 4) is 17.2 Å². The Kier molecular flexibility index (Phi) is 5.84. The molecule has 0 amide bonds. The summed E-state index contributed by atoms with van der Waals surface area (Å²) in [6.07, 6.45) is 1.60. The van der Waals surface area contributed by atoms with Crippen molar-refractivity contribution in [2.75, 3.05) is 14.2 Å². The van der Waals surface area contributed by atoms with Gasteiger partial charge in [-0.15, -0.1) is 0 Å². The van der Waals surface area contributed by atoms with Gasteiger partial charge >= 0.3 is 5.97 Å². The molecule has 0 saturated heterocycles. The number of hydrogen-bond acceptors (Lipinski definition) is 5. The van der Waals surface area contributed by atoms with Crippen LogP contribution in [0.2, 0.25) is 0 Å². The molecule has 2 aromatic rings. The van der Waals surface area contributed by atoms with Crippen molar-refractivity contribution >= 4 is 12.0 Å². The molecule has 0 aliphatic heterocycles. The number of phenols is 1. The lowest BCUT2D eigenvalue weighted by molar-refractivity contribution is -0.140. The molecule has 1 N–H and O–H groups in total. The third-order valence-corrected chi connectivity index (χ3v) is 3.46. The second-order valence-electron chi connectivity index (χ2n) is 5.13. The fraction of sp³-hybridized carbons (Fsp3) is 0.211. The molecule has 0 bridgehead atoms. The molecule has 0 atom stereocenters. The highest BCUT2D eigenvalue weighted by Crippen LogP contribution is 2.39. The number of hydrogen-bond donors (Lipinski definition) is 1. The highest BCUT2D eigenvalue weighted by Gasteiger charge is 2.14. The lowest BCUT2D eigenvalue weighted by Gasteiger charge is -2.11. The molecule has 126 valence electrons. The Morgan fingerprint density at radius 3 is 2.42 bits per heavy atom. The fourth-order valence-electron chi connectivity index (χ4n) is 2.19. The molecule has 0 aliphatic rings. The minimum Gasteiger partial charge on any atom is -0.502 e. The number of aromatic hydroxyl groups is 1. The Balaban J connectivity index is 2.15. The van der Waals surface area contributed by atoms with E-state index in [2.05, 4.69) is 0 Å². The molecule has 0 aromatic heterocycles. The van der Waals surface area contributed by atoms with Crippen molar-refractivity contribution in [1.29, 1.82) is 0 Å². The molecule has 0 aliphatic carbocycles. The van der Waals surface area contributed by atoms with Gasteiger partial charge in [0.05, 0.1) is 14.2 Å². The van der Waals surface area contributed by atoms with Gasteiger partial charge in [-0.2, -0.15) is 0 Å². The van der Waals surface area contributed by atoms with Crippen LogP contribution < -0.4 is 9.47 Å². The molecular weight excluding hydrogens is 308 g/mol. The highest BCUT2D eigenvalue weighted by molar-refractivity contribution is 5.93. The zero-order valence-corrected chi connectivity index (χ0v) is 13.9. The zero-order chi connectivity index (χ0) is 17.5. The van der Waals surface area contributed by atoms with Crippen molar-refractivity contribution in [3.05, 3.63) is 59.2 Å². The highest BCUT2D eigenvalue weighted by atomic mass is 16.5. The summed E-state index contributed by atoms with van der Waals surface area (Å²) in [6.45, 7) is 1.85. The van der Waals surface area contributed by atoms with Crippen molar-refractivity contribution < 1.29 is 24.1 Å². The van der Waals surface area contributed by atoms with E-state index in [4.69, 9.17) is 14.2 Å². The minimum absolute atomic E-state index is 0.112. The van der Waals surface area contributed by atoms with Gasteiger partial charge in [-0.05, 0) is 30.7 Å². The number of phenolic OH excluding ortho intramolecular Hbond substituents is 1. The Labute approximate surface area is 141 Å². The summed E-state index contributed by atoms with van der Waals surface area (Å²) in [7, 11) is 2.89. The maximum Gasteiger partial charge on any atom is 0.334 e. The van der Waals surface area contributed by atoms with E-state index in [-0.39, 0.29) is 18.1 Å². The van der Waals surface area contributed by atoms with E-state index in [0.717, 1.165) is 5.56 Å². The summed E-state index contributed by atoms with van der Waals surface area (Å²) in [5, 5.41) is 10.1. The number of ether oxygens (including phenoxy) is 3. The lowest BCUT2D eigenvalue weighted by atomic mass is 10.1. The average Bonchev–Trinajstić information content (AvgIpc) is 2.61. The van der Waals surface area contributed by atoms with Crippen molar-refractivity contribution in [3.63, 3.8) is 0 Å². The monoisotopic (exact) mass is 328 g/mol. The van der Waals surface area contributed by atoms with Crippen molar-refractivity contribution in [1.82, 2.24) is 0 Å². The molecule has 0 heterocycles. The number of carbonyl (C=O) groups excluding carboxylic acids is 1. The molecule has 5 nitrogen and oxygen atoms in total. The number of rotatable bonds is 6. The topological polar surface area (TPSA) is 65.0 Å². The summed E-state index contributed by atoms with van der Waals surface area (Å²) < 4.78 is 15.5. The first-order valence-corrected chi connectivity index (χ1v) is 7.40. The van der Waals surface area contributed by atoms with Crippen LogP contribution in [-0.4, -0.2) is 25.3 Å². The number of carbonyl (C=O) groups is 1. The molecular formula is C19H20O5. The van der Waals surface area contributed by atoms with E-state index in [1.54, 1.807) is 25.1 Å². The van der Waals surface area contributed by atoms with E-state index in [0.29, 0.717) is 16.9 Å². The zero-order valence-electron chi connectivity index (χ0n) is 13.9. The normalized spacial score (nSPS) is 11.0. The van der Waals surface area contributed by atoms with Gasteiger partial charge < -0.3 is 19.3 Å². The first-order valence-electron chi connectivity index (χ1n) is 7.40. The molecule has 0 saturated carbocycles. The van der Waals surface area contributed by atoms with Crippen LogP contribution >= 0.6 is 0 Å². The predicted octanol–water partition coefficient (Wildman–Crippen LogP) is 3.56. The van der Waals surface area contributed by atoms with Crippen LogP contribution in [0.1, 0.15) is 18.1 Å². The molecule has 24 heavy (non-hydrogen) atoms.